The standard InChI is InChI=1S/C13H21NO3/c1-4-13(2,9-15)14-8-10-5-6-11(17-3)7-12(10)16/h5-7,14-16H,4,8-9H2,1-3H3. The Hall–Kier alpha value is -1.26. The summed E-state index contributed by atoms with van der Waals surface area (Å²) in [4.78, 5) is 0. The van der Waals surface area contributed by atoms with Crippen LogP contribution in [-0.2, 0) is 6.54 Å². The molecule has 0 aliphatic heterocycles. The highest BCUT2D eigenvalue weighted by Gasteiger charge is 2.20. The van der Waals surface area contributed by atoms with Gasteiger partial charge in [0, 0.05) is 23.7 Å². The van der Waals surface area contributed by atoms with Crippen molar-refractivity contribution in [3.8, 4) is 11.5 Å². The van der Waals surface area contributed by atoms with E-state index in [9.17, 15) is 10.2 Å². The Labute approximate surface area is 102 Å². The van der Waals surface area contributed by atoms with Gasteiger partial charge >= 0.3 is 0 Å². The van der Waals surface area contributed by atoms with Gasteiger partial charge in [-0.25, -0.2) is 0 Å². The third-order valence-corrected chi connectivity index (χ3v) is 3.13. The van der Waals surface area contributed by atoms with Crippen molar-refractivity contribution in [1.82, 2.24) is 5.32 Å². The van der Waals surface area contributed by atoms with Crippen LogP contribution in [0.4, 0.5) is 0 Å². The monoisotopic (exact) mass is 239 g/mol. The topological polar surface area (TPSA) is 61.7 Å². The van der Waals surface area contributed by atoms with Gasteiger partial charge in [0.15, 0.2) is 0 Å². The van der Waals surface area contributed by atoms with Crippen molar-refractivity contribution in [2.24, 2.45) is 0 Å². The molecule has 0 fully saturated rings. The molecule has 3 N–H and O–H groups in total. The number of rotatable bonds is 6. The van der Waals surface area contributed by atoms with Crippen molar-refractivity contribution in [2.45, 2.75) is 32.4 Å². The number of hydrogen-bond acceptors (Lipinski definition) is 4. The summed E-state index contributed by atoms with van der Waals surface area (Å²) < 4.78 is 5.02. The third-order valence-electron chi connectivity index (χ3n) is 3.13. The van der Waals surface area contributed by atoms with E-state index in [0.29, 0.717) is 12.3 Å². The zero-order chi connectivity index (χ0) is 12.9. The first-order chi connectivity index (χ1) is 8.04. The summed E-state index contributed by atoms with van der Waals surface area (Å²) in [6.45, 7) is 4.55. The van der Waals surface area contributed by atoms with Gasteiger partial charge in [0.2, 0.25) is 0 Å². The number of ether oxygens (including phenoxy) is 1. The molecule has 0 spiro atoms. The second-order valence-electron chi connectivity index (χ2n) is 4.42. The van der Waals surface area contributed by atoms with E-state index in [1.807, 2.05) is 19.9 Å². The Balaban J connectivity index is 2.69. The van der Waals surface area contributed by atoms with Gasteiger partial charge in [-0.05, 0) is 19.4 Å². The van der Waals surface area contributed by atoms with Crippen molar-refractivity contribution in [3.63, 3.8) is 0 Å². The molecule has 4 nitrogen and oxygen atoms in total. The molecule has 0 radical (unpaired) electrons. The number of phenolic OH excluding ortho intramolecular Hbond substituents is 1. The van der Waals surface area contributed by atoms with Crippen molar-refractivity contribution in [1.29, 1.82) is 0 Å². The van der Waals surface area contributed by atoms with E-state index in [1.54, 1.807) is 19.2 Å². The minimum Gasteiger partial charge on any atom is -0.507 e. The van der Waals surface area contributed by atoms with Crippen LogP contribution in [0, 0.1) is 0 Å². The van der Waals surface area contributed by atoms with E-state index in [0.717, 1.165) is 12.0 Å². The number of hydrogen-bond donors (Lipinski definition) is 3. The van der Waals surface area contributed by atoms with Gasteiger partial charge in [0.25, 0.3) is 0 Å². The summed E-state index contributed by atoms with van der Waals surface area (Å²) in [5, 5.41) is 22.3. The average molecular weight is 239 g/mol. The molecule has 1 rings (SSSR count). The average Bonchev–Trinajstić information content (AvgIpc) is 2.36. The first-order valence-electron chi connectivity index (χ1n) is 5.76. The van der Waals surface area contributed by atoms with Crippen LogP contribution in [-0.4, -0.2) is 29.5 Å². The normalized spacial score (nSPS) is 14.4. The molecule has 0 amide bonds. The molecule has 0 saturated carbocycles. The number of benzene rings is 1. The Morgan fingerprint density at radius 3 is 2.59 bits per heavy atom. The Morgan fingerprint density at radius 1 is 1.41 bits per heavy atom. The fourth-order valence-corrected chi connectivity index (χ4v) is 1.42. The predicted octanol–water partition coefficient (Wildman–Crippen LogP) is 1.65. The zero-order valence-electron chi connectivity index (χ0n) is 10.7. The van der Waals surface area contributed by atoms with Gasteiger partial charge < -0.3 is 20.3 Å². The van der Waals surface area contributed by atoms with E-state index in [2.05, 4.69) is 5.32 Å². The minimum absolute atomic E-state index is 0.0699. The molecule has 1 aromatic carbocycles. The van der Waals surface area contributed by atoms with Crippen molar-refractivity contribution in [3.05, 3.63) is 23.8 Å². The third kappa shape index (κ3) is 3.61. The molecule has 1 atom stereocenters. The molecule has 1 aromatic rings. The number of aliphatic hydroxyl groups excluding tert-OH is 1. The van der Waals surface area contributed by atoms with E-state index >= 15 is 0 Å². The van der Waals surface area contributed by atoms with Crippen LogP contribution < -0.4 is 10.1 Å². The molecule has 0 aliphatic rings. The fourth-order valence-electron chi connectivity index (χ4n) is 1.42. The highest BCUT2D eigenvalue weighted by molar-refractivity contribution is 5.39. The molecule has 0 heterocycles. The van der Waals surface area contributed by atoms with E-state index in [1.165, 1.54) is 0 Å². The molecule has 0 aliphatic carbocycles. The summed E-state index contributed by atoms with van der Waals surface area (Å²) in [5.74, 6) is 0.833. The number of methoxy groups -OCH3 is 1. The predicted molar refractivity (Wildman–Crippen MR) is 67.3 cm³/mol. The maximum absolute atomic E-state index is 9.78. The van der Waals surface area contributed by atoms with E-state index in [4.69, 9.17) is 4.74 Å². The number of aliphatic hydroxyl groups is 1. The maximum atomic E-state index is 9.78. The highest BCUT2D eigenvalue weighted by Crippen LogP contribution is 2.23. The van der Waals surface area contributed by atoms with Crippen LogP contribution in [0.1, 0.15) is 25.8 Å². The Morgan fingerprint density at radius 2 is 2.12 bits per heavy atom. The smallest absolute Gasteiger partial charge is 0.123 e. The largest absolute Gasteiger partial charge is 0.507 e. The number of nitrogens with one attached hydrogen (secondary N) is 1. The van der Waals surface area contributed by atoms with Crippen molar-refractivity contribution in [2.75, 3.05) is 13.7 Å². The van der Waals surface area contributed by atoms with Crippen molar-refractivity contribution < 1.29 is 14.9 Å². The Kier molecular flexibility index (Phi) is 4.78. The highest BCUT2D eigenvalue weighted by atomic mass is 16.5. The fraction of sp³-hybridized carbons (Fsp3) is 0.538. The molecule has 1 unspecified atom stereocenters. The van der Waals surface area contributed by atoms with E-state index < -0.39 is 0 Å². The van der Waals surface area contributed by atoms with Gasteiger partial charge in [-0.3, -0.25) is 0 Å². The second kappa shape index (κ2) is 5.89. The van der Waals surface area contributed by atoms with Gasteiger partial charge in [-0.1, -0.05) is 13.0 Å². The molecular formula is C13H21NO3. The van der Waals surface area contributed by atoms with E-state index in [-0.39, 0.29) is 17.9 Å². The lowest BCUT2D eigenvalue weighted by molar-refractivity contribution is 0.168. The lowest BCUT2D eigenvalue weighted by atomic mass is 10.00. The summed E-state index contributed by atoms with van der Waals surface area (Å²) in [5.41, 5.74) is 0.478. The quantitative estimate of drug-likeness (QED) is 0.706. The van der Waals surface area contributed by atoms with Crippen LogP contribution in [0.5, 0.6) is 11.5 Å². The first kappa shape index (κ1) is 13.8. The van der Waals surface area contributed by atoms with Crippen molar-refractivity contribution >= 4 is 0 Å². The molecule has 4 heteroatoms. The summed E-state index contributed by atoms with van der Waals surface area (Å²) in [7, 11) is 1.56. The van der Waals surface area contributed by atoms with Gasteiger partial charge in [-0.15, -0.1) is 0 Å². The van der Waals surface area contributed by atoms with Gasteiger partial charge in [0.1, 0.15) is 11.5 Å². The molecule has 0 saturated heterocycles. The molecular weight excluding hydrogens is 218 g/mol. The molecule has 0 bridgehead atoms. The maximum Gasteiger partial charge on any atom is 0.123 e. The lowest BCUT2D eigenvalue weighted by Crippen LogP contribution is -2.44. The number of aromatic hydroxyl groups is 1. The molecule has 17 heavy (non-hydrogen) atoms. The second-order valence-corrected chi connectivity index (χ2v) is 4.42. The summed E-state index contributed by atoms with van der Waals surface area (Å²) >= 11 is 0. The van der Waals surface area contributed by atoms with Crippen LogP contribution in [0.15, 0.2) is 18.2 Å². The summed E-state index contributed by atoms with van der Waals surface area (Å²) in [6, 6.07) is 5.20. The first-order valence-corrected chi connectivity index (χ1v) is 5.76. The minimum atomic E-state index is -0.313. The van der Waals surface area contributed by atoms with Crippen LogP contribution in [0.3, 0.4) is 0 Å². The van der Waals surface area contributed by atoms with Crippen LogP contribution >= 0.6 is 0 Å². The molecule has 96 valence electrons. The van der Waals surface area contributed by atoms with Gasteiger partial charge in [-0.2, -0.15) is 0 Å². The van der Waals surface area contributed by atoms with Gasteiger partial charge in [0.05, 0.1) is 13.7 Å². The Bertz CT molecular complexity index is 362. The number of phenols is 1. The van der Waals surface area contributed by atoms with Crippen LogP contribution in [0.25, 0.3) is 0 Å². The molecule has 0 aromatic heterocycles. The summed E-state index contributed by atoms with van der Waals surface area (Å²) in [6.07, 6.45) is 0.820. The lowest BCUT2D eigenvalue weighted by Gasteiger charge is -2.27. The SMILES string of the molecule is CCC(C)(CO)NCc1ccc(OC)cc1O. The van der Waals surface area contributed by atoms with Crippen LogP contribution in [0.2, 0.25) is 0 Å². The zero-order valence-corrected chi connectivity index (χ0v) is 10.7.